The molecule has 0 bridgehead atoms. The molecule has 1 atom stereocenters. The zero-order chi connectivity index (χ0) is 15.5. The van der Waals surface area contributed by atoms with E-state index in [0.717, 1.165) is 31.7 Å². The van der Waals surface area contributed by atoms with Gasteiger partial charge in [0, 0.05) is 18.7 Å². The highest BCUT2D eigenvalue weighted by molar-refractivity contribution is 5.94. The predicted molar refractivity (Wildman–Crippen MR) is 73.2 cm³/mol. The molecule has 2 N–H and O–H groups in total. The molecule has 1 aromatic rings. The third-order valence-corrected chi connectivity index (χ3v) is 4.07. The topological polar surface area (TPSA) is 102 Å². The van der Waals surface area contributed by atoms with Crippen LogP contribution in [-0.2, 0) is 4.74 Å². The summed E-state index contributed by atoms with van der Waals surface area (Å²) in [5.41, 5.74) is -0.204. The first-order chi connectivity index (χ1) is 9.99. The smallest absolute Gasteiger partial charge is 0.374 e. The summed E-state index contributed by atoms with van der Waals surface area (Å²) in [6.07, 6.45) is 3.26. The molecule has 0 spiro atoms. The van der Waals surface area contributed by atoms with Crippen molar-refractivity contribution in [2.75, 3.05) is 6.61 Å². The zero-order valence-corrected chi connectivity index (χ0v) is 12.2. The monoisotopic (exact) mass is 296 g/mol. The lowest BCUT2D eigenvalue weighted by Crippen LogP contribution is -2.48. The average molecular weight is 296 g/mol. The number of hydrogen-bond donors (Lipinski definition) is 2. The van der Waals surface area contributed by atoms with Gasteiger partial charge in [0.15, 0.2) is 5.69 Å². The summed E-state index contributed by atoms with van der Waals surface area (Å²) in [5, 5.41) is 15.1. The van der Waals surface area contributed by atoms with Crippen LogP contribution in [-0.4, -0.2) is 40.4 Å². The van der Waals surface area contributed by atoms with Crippen LogP contribution in [0.5, 0.6) is 0 Å². The molecular formula is C14H20N2O5. The molecule has 1 amide bonds. The highest BCUT2D eigenvalue weighted by Crippen LogP contribution is 2.31. The van der Waals surface area contributed by atoms with Gasteiger partial charge in [-0.3, -0.25) is 4.79 Å². The SMILES string of the molecule is CCC1(CC)CC(NC(=O)c2cc(C(=O)O)on2)CCO1. The van der Waals surface area contributed by atoms with Crippen LogP contribution < -0.4 is 5.32 Å². The first kappa shape index (κ1) is 15.5. The highest BCUT2D eigenvalue weighted by atomic mass is 16.5. The summed E-state index contributed by atoms with van der Waals surface area (Å²) in [4.78, 5) is 22.8. The number of amides is 1. The van der Waals surface area contributed by atoms with Crippen LogP contribution in [0.25, 0.3) is 0 Å². The summed E-state index contributed by atoms with van der Waals surface area (Å²) in [6, 6.07) is 1.13. The Kier molecular flexibility index (Phi) is 4.62. The number of rotatable bonds is 5. The molecule has 1 unspecified atom stereocenters. The number of nitrogens with zero attached hydrogens (tertiary/aromatic N) is 1. The van der Waals surface area contributed by atoms with E-state index in [-0.39, 0.29) is 23.1 Å². The Labute approximate surface area is 122 Å². The summed E-state index contributed by atoms with van der Waals surface area (Å²) in [7, 11) is 0. The molecular weight excluding hydrogens is 276 g/mol. The van der Waals surface area contributed by atoms with Crippen LogP contribution >= 0.6 is 0 Å². The van der Waals surface area contributed by atoms with E-state index >= 15 is 0 Å². The molecule has 1 saturated heterocycles. The molecule has 0 aliphatic carbocycles. The van der Waals surface area contributed by atoms with Crippen LogP contribution in [0.3, 0.4) is 0 Å². The number of carbonyl (C=O) groups excluding carboxylic acids is 1. The molecule has 2 heterocycles. The van der Waals surface area contributed by atoms with Crippen molar-refractivity contribution in [3.05, 3.63) is 17.5 Å². The molecule has 0 aromatic carbocycles. The Morgan fingerprint density at radius 3 is 2.76 bits per heavy atom. The molecule has 7 heteroatoms. The van der Waals surface area contributed by atoms with Gasteiger partial charge in [0.2, 0.25) is 5.76 Å². The minimum atomic E-state index is -1.25. The van der Waals surface area contributed by atoms with E-state index in [2.05, 4.69) is 28.8 Å². The second-order valence-corrected chi connectivity index (χ2v) is 5.28. The van der Waals surface area contributed by atoms with Gasteiger partial charge in [0.25, 0.3) is 5.91 Å². The van der Waals surface area contributed by atoms with Crippen LogP contribution in [0, 0.1) is 0 Å². The quantitative estimate of drug-likeness (QED) is 0.859. The van der Waals surface area contributed by atoms with Crippen LogP contribution in [0.4, 0.5) is 0 Å². The maximum atomic E-state index is 12.1. The number of nitrogens with one attached hydrogen (secondary N) is 1. The fraction of sp³-hybridized carbons (Fsp3) is 0.643. The molecule has 1 aromatic heterocycles. The molecule has 1 fully saturated rings. The van der Waals surface area contributed by atoms with Crippen LogP contribution in [0.1, 0.15) is 60.6 Å². The molecule has 7 nitrogen and oxygen atoms in total. The summed E-state index contributed by atoms with van der Waals surface area (Å²) in [6.45, 7) is 4.75. The van der Waals surface area contributed by atoms with Crippen molar-refractivity contribution in [3.8, 4) is 0 Å². The van der Waals surface area contributed by atoms with E-state index in [1.54, 1.807) is 0 Å². The van der Waals surface area contributed by atoms with Crippen molar-refractivity contribution >= 4 is 11.9 Å². The largest absolute Gasteiger partial charge is 0.475 e. The zero-order valence-electron chi connectivity index (χ0n) is 12.2. The Bertz CT molecular complexity index is 521. The second-order valence-electron chi connectivity index (χ2n) is 5.28. The minimum absolute atomic E-state index is 0.00359. The van der Waals surface area contributed by atoms with Crippen molar-refractivity contribution in [1.82, 2.24) is 10.5 Å². The Balaban J connectivity index is 2.00. The van der Waals surface area contributed by atoms with E-state index in [0.29, 0.717) is 6.61 Å². The van der Waals surface area contributed by atoms with E-state index < -0.39 is 11.9 Å². The first-order valence-corrected chi connectivity index (χ1v) is 7.14. The Hall–Kier alpha value is -1.89. The minimum Gasteiger partial charge on any atom is -0.475 e. The molecule has 1 aliphatic rings. The van der Waals surface area contributed by atoms with Crippen molar-refractivity contribution in [3.63, 3.8) is 0 Å². The van der Waals surface area contributed by atoms with Gasteiger partial charge in [-0.25, -0.2) is 4.79 Å². The number of carboxylic acid groups (broad SMARTS) is 1. The van der Waals surface area contributed by atoms with Crippen molar-refractivity contribution < 1.29 is 24.0 Å². The van der Waals surface area contributed by atoms with E-state index in [1.807, 2.05) is 0 Å². The Morgan fingerprint density at radius 2 is 2.19 bits per heavy atom. The highest BCUT2D eigenvalue weighted by Gasteiger charge is 2.35. The number of carboxylic acids is 1. The summed E-state index contributed by atoms with van der Waals surface area (Å²) in [5.74, 6) is -2.01. The lowest BCUT2D eigenvalue weighted by atomic mass is 9.86. The van der Waals surface area contributed by atoms with Gasteiger partial charge in [-0.1, -0.05) is 19.0 Å². The number of aromatic carboxylic acids is 1. The number of hydrogen-bond acceptors (Lipinski definition) is 5. The van der Waals surface area contributed by atoms with Crippen molar-refractivity contribution in [1.29, 1.82) is 0 Å². The van der Waals surface area contributed by atoms with E-state index in [9.17, 15) is 9.59 Å². The lowest BCUT2D eigenvalue weighted by Gasteiger charge is -2.40. The van der Waals surface area contributed by atoms with Crippen molar-refractivity contribution in [2.45, 2.75) is 51.2 Å². The van der Waals surface area contributed by atoms with Gasteiger partial charge in [-0.15, -0.1) is 0 Å². The number of carbonyl (C=O) groups is 2. The fourth-order valence-electron chi connectivity index (χ4n) is 2.64. The standard InChI is InChI=1S/C14H20N2O5/c1-3-14(4-2)8-9(5-6-20-14)15-12(17)10-7-11(13(18)19)21-16-10/h7,9H,3-6,8H2,1-2H3,(H,15,17)(H,18,19). The molecule has 1 aliphatic heterocycles. The Morgan fingerprint density at radius 1 is 1.48 bits per heavy atom. The number of aromatic nitrogens is 1. The van der Waals surface area contributed by atoms with Gasteiger partial charge in [-0.05, 0) is 25.7 Å². The molecule has 21 heavy (non-hydrogen) atoms. The summed E-state index contributed by atoms with van der Waals surface area (Å²) < 4.78 is 10.4. The van der Waals surface area contributed by atoms with Gasteiger partial charge in [0.05, 0.1) is 5.60 Å². The first-order valence-electron chi connectivity index (χ1n) is 7.14. The van der Waals surface area contributed by atoms with Gasteiger partial charge in [-0.2, -0.15) is 0 Å². The normalized spacial score (nSPS) is 21.0. The molecule has 116 valence electrons. The summed E-state index contributed by atoms with van der Waals surface area (Å²) >= 11 is 0. The van der Waals surface area contributed by atoms with E-state index in [1.165, 1.54) is 0 Å². The molecule has 0 saturated carbocycles. The maximum absolute atomic E-state index is 12.1. The van der Waals surface area contributed by atoms with Gasteiger partial charge >= 0.3 is 5.97 Å². The maximum Gasteiger partial charge on any atom is 0.374 e. The molecule has 2 rings (SSSR count). The fourth-order valence-corrected chi connectivity index (χ4v) is 2.64. The van der Waals surface area contributed by atoms with Crippen LogP contribution in [0.15, 0.2) is 10.6 Å². The second kappa shape index (κ2) is 6.26. The third kappa shape index (κ3) is 3.41. The predicted octanol–water partition coefficient (Wildman–Crippen LogP) is 1.84. The van der Waals surface area contributed by atoms with Gasteiger partial charge < -0.3 is 19.7 Å². The van der Waals surface area contributed by atoms with E-state index in [4.69, 9.17) is 9.84 Å². The third-order valence-electron chi connectivity index (χ3n) is 4.07. The van der Waals surface area contributed by atoms with Gasteiger partial charge in [0.1, 0.15) is 0 Å². The average Bonchev–Trinajstić information content (AvgIpc) is 2.97. The van der Waals surface area contributed by atoms with Crippen LogP contribution in [0.2, 0.25) is 0 Å². The van der Waals surface area contributed by atoms with Crippen molar-refractivity contribution in [2.24, 2.45) is 0 Å². The molecule has 0 radical (unpaired) electrons. The lowest BCUT2D eigenvalue weighted by molar-refractivity contribution is -0.0918. The number of ether oxygens (including phenoxy) is 1.